The lowest BCUT2D eigenvalue weighted by atomic mass is 10.0. The van der Waals surface area contributed by atoms with Crippen LogP contribution in [0.15, 0.2) is 36.4 Å². The highest BCUT2D eigenvalue weighted by Crippen LogP contribution is 2.38. The molecule has 0 fully saturated rings. The second-order valence-electron chi connectivity index (χ2n) is 7.15. The number of hydrogen-bond donors (Lipinski definition) is 2. The maximum Gasteiger partial charge on any atom is 0.237 e. The molecule has 0 saturated heterocycles. The highest BCUT2D eigenvalue weighted by Gasteiger charge is 2.26. The summed E-state index contributed by atoms with van der Waals surface area (Å²) in [4.78, 5) is 14.5. The lowest BCUT2D eigenvalue weighted by Gasteiger charge is -2.27. The fraction of sp³-hybridized carbons (Fsp3) is 0.381. The molecule has 1 amide bonds. The summed E-state index contributed by atoms with van der Waals surface area (Å²) in [6.07, 6.45) is 0. The van der Waals surface area contributed by atoms with E-state index in [1.165, 1.54) is 0 Å². The molecule has 0 radical (unpaired) electrons. The number of phenolic OH excluding ortho intramolecular Hbond substituents is 1. The van der Waals surface area contributed by atoms with E-state index in [2.05, 4.69) is 10.2 Å². The molecular formula is C21H25ClN2O3. The zero-order valence-corrected chi connectivity index (χ0v) is 16.6. The fourth-order valence-electron chi connectivity index (χ4n) is 3.26. The van der Waals surface area contributed by atoms with Crippen molar-refractivity contribution in [1.29, 1.82) is 0 Å². The van der Waals surface area contributed by atoms with Crippen LogP contribution in [0.2, 0.25) is 5.02 Å². The van der Waals surface area contributed by atoms with Crippen molar-refractivity contribution in [3.63, 3.8) is 0 Å². The van der Waals surface area contributed by atoms with Gasteiger partial charge in [0.1, 0.15) is 6.61 Å². The average Bonchev–Trinajstić information content (AvgIpc) is 2.83. The van der Waals surface area contributed by atoms with Crippen LogP contribution in [0.1, 0.15) is 26.3 Å². The molecule has 0 aliphatic carbocycles. The van der Waals surface area contributed by atoms with E-state index in [1.807, 2.05) is 51.1 Å². The molecule has 27 heavy (non-hydrogen) atoms. The Morgan fingerprint density at radius 2 is 2.00 bits per heavy atom. The smallest absolute Gasteiger partial charge is 0.237 e. The van der Waals surface area contributed by atoms with Gasteiger partial charge in [-0.2, -0.15) is 0 Å². The molecule has 3 rings (SSSR count). The molecule has 144 valence electrons. The van der Waals surface area contributed by atoms with Crippen molar-refractivity contribution in [2.45, 2.75) is 39.4 Å². The van der Waals surface area contributed by atoms with Gasteiger partial charge in [0.2, 0.25) is 5.91 Å². The third-order valence-electron chi connectivity index (χ3n) is 4.66. The Morgan fingerprint density at radius 1 is 1.22 bits per heavy atom. The first-order chi connectivity index (χ1) is 12.8. The number of carbonyl (C=O) groups excluding carboxylic acids is 1. The predicted octanol–water partition coefficient (Wildman–Crippen LogP) is 3.82. The van der Waals surface area contributed by atoms with Gasteiger partial charge in [0, 0.05) is 29.7 Å². The summed E-state index contributed by atoms with van der Waals surface area (Å²) in [5.74, 6) is 0.576. The van der Waals surface area contributed by atoms with Crippen LogP contribution >= 0.6 is 11.6 Å². The Hall–Kier alpha value is -2.24. The third-order valence-corrected chi connectivity index (χ3v) is 4.90. The van der Waals surface area contributed by atoms with Gasteiger partial charge in [0.05, 0.1) is 6.04 Å². The quantitative estimate of drug-likeness (QED) is 0.835. The van der Waals surface area contributed by atoms with Crippen LogP contribution in [0.4, 0.5) is 0 Å². The number of nitrogens with zero attached hydrogens (tertiary/aromatic N) is 1. The van der Waals surface area contributed by atoms with Crippen LogP contribution in [0, 0.1) is 0 Å². The molecule has 2 aromatic carbocycles. The first-order valence-electron chi connectivity index (χ1n) is 9.14. The van der Waals surface area contributed by atoms with E-state index in [4.69, 9.17) is 16.3 Å². The van der Waals surface area contributed by atoms with Gasteiger partial charge in [-0.05, 0) is 56.2 Å². The van der Waals surface area contributed by atoms with Crippen molar-refractivity contribution in [1.82, 2.24) is 10.2 Å². The number of hydrogen-bond acceptors (Lipinski definition) is 4. The molecule has 1 heterocycles. The molecule has 2 aromatic rings. The van der Waals surface area contributed by atoms with E-state index in [9.17, 15) is 9.90 Å². The summed E-state index contributed by atoms with van der Waals surface area (Å²) in [5.41, 5.74) is 2.63. The van der Waals surface area contributed by atoms with Gasteiger partial charge in [0.15, 0.2) is 11.5 Å². The lowest BCUT2D eigenvalue weighted by Crippen LogP contribution is -2.47. The molecule has 0 bridgehead atoms. The maximum absolute atomic E-state index is 12.4. The highest BCUT2D eigenvalue weighted by atomic mass is 35.5. The Morgan fingerprint density at radius 3 is 2.70 bits per heavy atom. The van der Waals surface area contributed by atoms with Crippen molar-refractivity contribution in [2.24, 2.45) is 0 Å². The number of benzene rings is 2. The van der Waals surface area contributed by atoms with Crippen LogP contribution in [0.3, 0.4) is 0 Å². The van der Waals surface area contributed by atoms with Crippen LogP contribution in [0.25, 0.3) is 11.1 Å². The number of halogens is 1. The largest absolute Gasteiger partial charge is 0.504 e. The number of ether oxygens (including phenoxy) is 1. The molecule has 5 nitrogen and oxygen atoms in total. The van der Waals surface area contributed by atoms with Crippen molar-refractivity contribution in [3.05, 3.63) is 47.0 Å². The molecule has 1 aliphatic rings. The zero-order valence-electron chi connectivity index (χ0n) is 15.8. The van der Waals surface area contributed by atoms with Crippen molar-refractivity contribution in [3.8, 4) is 22.6 Å². The number of carbonyl (C=O) groups is 1. The SMILES string of the molecule is CC(C)NC(=O)C(C)N1CCOc2c(O)cc(-c3cccc(Cl)c3)cc2C1. The van der Waals surface area contributed by atoms with Crippen LogP contribution in [0.5, 0.6) is 11.5 Å². The summed E-state index contributed by atoms with van der Waals surface area (Å²) < 4.78 is 5.79. The second kappa shape index (κ2) is 8.19. The summed E-state index contributed by atoms with van der Waals surface area (Å²) >= 11 is 6.11. The van der Waals surface area contributed by atoms with E-state index in [1.54, 1.807) is 6.07 Å². The number of nitrogens with one attached hydrogen (secondary N) is 1. The van der Waals surface area contributed by atoms with Crippen molar-refractivity contribution < 1.29 is 14.6 Å². The molecule has 1 atom stereocenters. The first-order valence-corrected chi connectivity index (χ1v) is 9.52. The fourth-order valence-corrected chi connectivity index (χ4v) is 3.45. The molecular weight excluding hydrogens is 364 g/mol. The molecule has 1 unspecified atom stereocenters. The minimum Gasteiger partial charge on any atom is -0.504 e. The van der Waals surface area contributed by atoms with Crippen molar-refractivity contribution in [2.75, 3.05) is 13.2 Å². The Balaban J connectivity index is 1.91. The van der Waals surface area contributed by atoms with Crippen LogP contribution in [-0.4, -0.2) is 41.1 Å². The standard InChI is InChI=1S/C21H25ClN2O3/c1-13(2)23-21(26)14(3)24-7-8-27-20-17(12-24)9-16(11-19(20)25)15-5-4-6-18(22)10-15/h4-6,9-11,13-14,25H,7-8,12H2,1-3H3,(H,23,26). The molecule has 1 aliphatic heterocycles. The van der Waals surface area contributed by atoms with Gasteiger partial charge in [-0.25, -0.2) is 0 Å². The van der Waals surface area contributed by atoms with Gasteiger partial charge in [-0.15, -0.1) is 0 Å². The number of phenols is 1. The average molecular weight is 389 g/mol. The van der Waals surface area contributed by atoms with E-state index in [-0.39, 0.29) is 23.7 Å². The van der Waals surface area contributed by atoms with Gasteiger partial charge in [0.25, 0.3) is 0 Å². The summed E-state index contributed by atoms with van der Waals surface area (Å²) in [6, 6.07) is 11.0. The van der Waals surface area contributed by atoms with E-state index < -0.39 is 0 Å². The van der Waals surface area contributed by atoms with Gasteiger partial charge in [-0.3, -0.25) is 9.69 Å². The zero-order chi connectivity index (χ0) is 19.6. The minimum absolute atomic E-state index is 0.0105. The second-order valence-corrected chi connectivity index (χ2v) is 7.59. The predicted molar refractivity (Wildman–Crippen MR) is 107 cm³/mol. The molecule has 0 spiro atoms. The molecule has 2 N–H and O–H groups in total. The first kappa shape index (κ1) is 19.5. The molecule has 0 aromatic heterocycles. The van der Waals surface area contributed by atoms with Crippen LogP contribution < -0.4 is 10.1 Å². The third kappa shape index (κ3) is 4.54. The number of fused-ring (bicyclic) bond motifs is 1. The topological polar surface area (TPSA) is 61.8 Å². The Kier molecular flexibility index (Phi) is 5.92. The number of amides is 1. The monoisotopic (exact) mass is 388 g/mol. The Labute approximate surface area is 164 Å². The van der Waals surface area contributed by atoms with E-state index >= 15 is 0 Å². The van der Waals surface area contributed by atoms with Crippen LogP contribution in [-0.2, 0) is 11.3 Å². The molecule has 0 saturated carbocycles. The van der Waals surface area contributed by atoms with Gasteiger partial charge in [-0.1, -0.05) is 23.7 Å². The van der Waals surface area contributed by atoms with Gasteiger partial charge < -0.3 is 15.2 Å². The van der Waals surface area contributed by atoms with E-state index in [0.29, 0.717) is 30.5 Å². The minimum atomic E-state index is -0.293. The number of aromatic hydroxyl groups is 1. The lowest BCUT2D eigenvalue weighted by molar-refractivity contribution is -0.126. The summed E-state index contributed by atoms with van der Waals surface area (Å²) in [7, 11) is 0. The summed E-state index contributed by atoms with van der Waals surface area (Å²) in [6.45, 7) is 7.32. The Bertz CT molecular complexity index is 838. The highest BCUT2D eigenvalue weighted by molar-refractivity contribution is 6.30. The van der Waals surface area contributed by atoms with Crippen molar-refractivity contribution >= 4 is 17.5 Å². The maximum atomic E-state index is 12.4. The molecule has 6 heteroatoms. The summed E-state index contributed by atoms with van der Waals surface area (Å²) in [5, 5.41) is 14.1. The normalized spacial score (nSPS) is 15.6. The number of rotatable bonds is 4. The van der Waals surface area contributed by atoms with E-state index in [0.717, 1.165) is 16.7 Å². The van der Waals surface area contributed by atoms with Gasteiger partial charge >= 0.3 is 0 Å².